The maximum atomic E-state index is 8.56. The molecule has 6 heteroatoms. The van der Waals surface area contributed by atoms with Gasteiger partial charge in [0.2, 0.25) is 0 Å². The summed E-state index contributed by atoms with van der Waals surface area (Å²) in [7, 11) is 0. The molecular formula is C7H14O6. The van der Waals surface area contributed by atoms with Crippen molar-refractivity contribution in [3.63, 3.8) is 0 Å². The second-order valence-electron chi connectivity index (χ2n) is 1.54. The lowest BCUT2D eigenvalue weighted by Crippen LogP contribution is -1.81. The van der Waals surface area contributed by atoms with Gasteiger partial charge >= 0.3 is 12.3 Å². The predicted molar refractivity (Wildman–Crippen MR) is 46.4 cm³/mol. The monoisotopic (exact) mass is 194 g/mol. The predicted octanol–water partition coefficient (Wildman–Crippen LogP) is 2.42. The standard InChI is InChI=1S/C5H10.2CH2O3/c1-3-5-4-2;2*2-1(3)4/h3,5H,4H2,1-2H3;2*(H2,2,3,4). The lowest BCUT2D eigenvalue weighted by Gasteiger charge is -1.65. The summed E-state index contributed by atoms with van der Waals surface area (Å²) in [6, 6.07) is 0. The second kappa shape index (κ2) is 16.7. The summed E-state index contributed by atoms with van der Waals surface area (Å²) in [4.78, 5) is 17.1. The zero-order chi connectivity index (χ0) is 11.3. The van der Waals surface area contributed by atoms with Crippen LogP contribution in [0.5, 0.6) is 0 Å². The third-order valence-corrected chi connectivity index (χ3v) is 0.471. The van der Waals surface area contributed by atoms with Crippen molar-refractivity contribution in [3.05, 3.63) is 12.2 Å². The van der Waals surface area contributed by atoms with Crippen LogP contribution in [-0.4, -0.2) is 32.7 Å². The van der Waals surface area contributed by atoms with Crippen molar-refractivity contribution in [1.29, 1.82) is 0 Å². The van der Waals surface area contributed by atoms with Gasteiger partial charge in [0.15, 0.2) is 0 Å². The largest absolute Gasteiger partial charge is 0.503 e. The van der Waals surface area contributed by atoms with Crippen molar-refractivity contribution in [2.75, 3.05) is 0 Å². The maximum Gasteiger partial charge on any atom is 0.503 e. The van der Waals surface area contributed by atoms with Gasteiger partial charge in [0.1, 0.15) is 0 Å². The van der Waals surface area contributed by atoms with Crippen LogP contribution >= 0.6 is 0 Å². The average molecular weight is 194 g/mol. The first-order valence-corrected chi connectivity index (χ1v) is 3.33. The van der Waals surface area contributed by atoms with E-state index >= 15 is 0 Å². The van der Waals surface area contributed by atoms with E-state index in [9.17, 15) is 0 Å². The van der Waals surface area contributed by atoms with Crippen molar-refractivity contribution >= 4 is 12.3 Å². The molecule has 0 radical (unpaired) electrons. The van der Waals surface area contributed by atoms with E-state index in [2.05, 4.69) is 19.1 Å². The Labute approximate surface area is 75.8 Å². The van der Waals surface area contributed by atoms with Gasteiger partial charge in [-0.05, 0) is 13.3 Å². The summed E-state index contributed by atoms with van der Waals surface area (Å²) in [5, 5.41) is 27.9. The maximum absolute atomic E-state index is 8.56. The van der Waals surface area contributed by atoms with Crippen molar-refractivity contribution in [3.8, 4) is 0 Å². The third kappa shape index (κ3) is 8990. The zero-order valence-electron chi connectivity index (χ0n) is 7.47. The fourth-order valence-corrected chi connectivity index (χ4v) is 0.236. The van der Waals surface area contributed by atoms with Crippen LogP contribution in [0.4, 0.5) is 9.59 Å². The molecule has 78 valence electrons. The Kier molecular flexibility index (Phi) is 22.3. The summed E-state index contributed by atoms with van der Waals surface area (Å²) in [5.41, 5.74) is 0. The summed E-state index contributed by atoms with van der Waals surface area (Å²) in [6.07, 6.45) is 1.68. The van der Waals surface area contributed by atoms with Crippen LogP contribution < -0.4 is 0 Å². The fraction of sp³-hybridized carbons (Fsp3) is 0.429. The molecule has 0 spiro atoms. The van der Waals surface area contributed by atoms with Crippen LogP contribution in [0.2, 0.25) is 0 Å². The van der Waals surface area contributed by atoms with Gasteiger partial charge in [0.25, 0.3) is 0 Å². The molecule has 0 saturated heterocycles. The van der Waals surface area contributed by atoms with E-state index in [-0.39, 0.29) is 0 Å². The smallest absolute Gasteiger partial charge is 0.450 e. The van der Waals surface area contributed by atoms with E-state index in [1.807, 2.05) is 6.92 Å². The summed E-state index contributed by atoms with van der Waals surface area (Å²) in [5.74, 6) is 0. The molecule has 4 N–H and O–H groups in total. The molecule has 0 aromatic heterocycles. The minimum Gasteiger partial charge on any atom is -0.450 e. The molecule has 0 atom stereocenters. The molecule has 0 aliphatic carbocycles. The molecular weight excluding hydrogens is 180 g/mol. The molecule has 6 nitrogen and oxygen atoms in total. The zero-order valence-corrected chi connectivity index (χ0v) is 7.47. The molecule has 0 saturated carbocycles. The molecule has 0 aromatic rings. The van der Waals surface area contributed by atoms with Crippen molar-refractivity contribution in [1.82, 2.24) is 0 Å². The molecule has 0 aromatic carbocycles. The van der Waals surface area contributed by atoms with Gasteiger partial charge < -0.3 is 20.4 Å². The summed E-state index contributed by atoms with van der Waals surface area (Å²) < 4.78 is 0. The lowest BCUT2D eigenvalue weighted by atomic mass is 10.4. The minimum atomic E-state index is -1.83. The molecule has 0 fully saturated rings. The molecule has 0 amide bonds. The Morgan fingerprint density at radius 1 is 1.08 bits per heavy atom. The Bertz CT molecular complexity index is 131. The summed E-state index contributed by atoms with van der Waals surface area (Å²) >= 11 is 0. The van der Waals surface area contributed by atoms with Crippen LogP contribution in [-0.2, 0) is 0 Å². The van der Waals surface area contributed by atoms with Crippen LogP contribution in [0.15, 0.2) is 12.2 Å². The first-order valence-electron chi connectivity index (χ1n) is 3.33. The number of hydrogen-bond donors (Lipinski definition) is 4. The van der Waals surface area contributed by atoms with Crippen LogP contribution in [0.1, 0.15) is 20.3 Å². The first-order chi connectivity index (χ1) is 5.88. The van der Waals surface area contributed by atoms with E-state index in [1.54, 1.807) is 0 Å². The van der Waals surface area contributed by atoms with Crippen LogP contribution in [0.3, 0.4) is 0 Å². The number of carboxylic acid groups (broad SMARTS) is 4. The topological polar surface area (TPSA) is 115 Å². The highest BCUT2D eigenvalue weighted by Gasteiger charge is 1.70. The second-order valence-corrected chi connectivity index (χ2v) is 1.54. The molecule has 0 aliphatic heterocycles. The SMILES string of the molecule is CC=CCC.O=C(O)O.O=C(O)O. The quantitative estimate of drug-likeness (QED) is 0.476. The van der Waals surface area contributed by atoms with E-state index < -0.39 is 12.3 Å². The minimum absolute atomic E-state index is 1.16. The fourth-order valence-electron chi connectivity index (χ4n) is 0.236. The van der Waals surface area contributed by atoms with Gasteiger partial charge in [0, 0.05) is 0 Å². The average Bonchev–Trinajstić information content (AvgIpc) is 1.86. The lowest BCUT2D eigenvalue weighted by molar-refractivity contribution is 0.135. The molecule has 13 heavy (non-hydrogen) atoms. The highest BCUT2D eigenvalue weighted by atomic mass is 16.6. The highest BCUT2D eigenvalue weighted by molar-refractivity contribution is 5.53. The normalized spacial score (nSPS) is 7.54. The number of rotatable bonds is 1. The van der Waals surface area contributed by atoms with Gasteiger partial charge in [-0.3, -0.25) is 0 Å². The van der Waals surface area contributed by atoms with Gasteiger partial charge in [-0.15, -0.1) is 0 Å². The molecule has 0 aliphatic rings. The third-order valence-electron chi connectivity index (χ3n) is 0.471. The Morgan fingerprint density at radius 3 is 1.31 bits per heavy atom. The van der Waals surface area contributed by atoms with Gasteiger partial charge in [-0.2, -0.15) is 0 Å². The van der Waals surface area contributed by atoms with Gasteiger partial charge in [-0.1, -0.05) is 19.1 Å². The highest BCUT2D eigenvalue weighted by Crippen LogP contribution is 1.73. The molecule has 0 heterocycles. The van der Waals surface area contributed by atoms with Crippen molar-refractivity contribution < 1.29 is 30.0 Å². The van der Waals surface area contributed by atoms with Crippen molar-refractivity contribution in [2.45, 2.75) is 20.3 Å². The Balaban J connectivity index is -0.000000117. The first kappa shape index (κ1) is 17.4. The number of hydrogen-bond acceptors (Lipinski definition) is 2. The van der Waals surface area contributed by atoms with Crippen LogP contribution in [0.25, 0.3) is 0 Å². The molecule has 0 bridgehead atoms. The molecule has 0 rings (SSSR count). The Hall–Kier alpha value is -1.72. The van der Waals surface area contributed by atoms with E-state index in [4.69, 9.17) is 30.0 Å². The van der Waals surface area contributed by atoms with Crippen LogP contribution in [0, 0.1) is 0 Å². The van der Waals surface area contributed by atoms with E-state index in [0.717, 1.165) is 6.42 Å². The number of carbonyl (C=O) groups is 2. The summed E-state index contributed by atoms with van der Waals surface area (Å²) in [6.45, 7) is 4.16. The van der Waals surface area contributed by atoms with Crippen molar-refractivity contribution in [2.24, 2.45) is 0 Å². The van der Waals surface area contributed by atoms with Gasteiger partial charge in [0.05, 0.1) is 0 Å². The van der Waals surface area contributed by atoms with Gasteiger partial charge in [-0.25, -0.2) is 9.59 Å². The van der Waals surface area contributed by atoms with E-state index in [0.29, 0.717) is 0 Å². The number of allylic oxidation sites excluding steroid dienone is 2. The Morgan fingerprint density at radius 2 is 1.31 bits per heavy atom. The van der Waals surface area contributed by atoms with E-state index in [1.165, 1.54) is 0 Å². The molecule has 0 unspecified atom stereocenters.